The van der Waals surface area contributed by atoms with Crippen LogP contribution in [0.4, 0.5) is 0 Å². The Labute approximate surface area is 413 Å². The number of rotatable bonds is 45. The van der Waals surface area contributed by atoms with Crippen LogP contribution in [-0.4, -0.2) is 96.0 Å². The Kier molecular flexibility index (Phi) is 41.3. The highest BCUT2D eigenvalue weighted by Gasteiger charge is 2.46. The molecule has 6 atom stereocenters. The molecule has 0 aromatic carbocycles. The summed E-state index contributed by atoms with van der Waals surface area (Å²) in [5.74, 6) is -2.10. The van der Waals surface area contributed by atoms with Crippen molar-refractivity contribution in [2.75, 3.05) is 19.0 Å². The first-order valence-corrected chi connectivity index (χ1v) is 28.5. The highest BCUT2D eigenvalue weighted by molar-refractivity contribution is 7.85. The molecule has 0 aliphatic carbocycles. The van der Waals surface area contributed by atoms with Gasteiger partial charge in [0.05, 0.1) is 6.61 Å². The molecule has 0 radical (unpaired) electrons. The molecule has 13 heteroatoms. The molecular weight excluding hydrogens is 885 g/mol. The summed E-state index contributed by atoms with van der Waals surface area (Å²) in [6.07, 6.45) is 47.1. The van der Waals surface area contributed by atoms with E-state index in [4.69, 9.17) is 18.9 Å². The lowest BCUT2D eigenvalue weighted by Gasteiger charge is -2.40. The van der Waals surface area contributed by atoms with Crippen molar-refractivity contribution in [1.29, 1.82) is 0 Å². The van der Waals surface area contributed by atoms with Crippen LogP contribution in [0.25, 0.3) is 0 Å². The van der Waals surface area contributed by atoms with Gasteiger partial charge in [-0.15, -0.1) is 0 Å². The molecule has 394 valence electrons. The van der Waals surface area contributed by atoms with Crippen LogP contribution in [0.1, 0.15) is 219 Å². The van der Waals surface area contributed by atoms with E-state index in [1.54, 1.807) is 0 Å². The molecule has 0 bridgehead atoms. The van der Waals surface area contributed by atoms with E-state index in [0.29, 0.717) is 19.3 Å². The van der Waals surface area contributed by atoms with Crippen LogP contribution in [0.15, 0.2) is 60.8 Å². The fourth-order valence-electron chi connectivity index (χ4n) is 7.91. The third-order valence-corrected chi connectivity index (χ3v) is 12.8. The number of hydrogen-bond donors (Lipinski definition) is 4. The Morgan fingerprint density at radius 3 is 1.35 bits per heavy atom. The molecule has 4 N–H and O–H groups in total. The number of carbonyl (C=O) groups is 2. The lowest BCUT2D eigenvalue weighted by atomic mass is 10.00. The molecule has 1 heterocycles. The second kappa shape index (κ2) is 44.3. The zero-order valence-electron chi connectivity index (χ0n) is 42.4. The molecule has 0 saturated carbocycles. The smallest absolute Gasteiger partial charge is 0.306 e. The van der Waals surface area contributed by atoms with Gasteiger partial charge in [-0.3, -0.25) is 14.1 Å². The maximum Gasteiger partial charge on any atom is 0.306 e. The maximum atomic E-state index is 12.8. The van der Waals surface area contributed by atoms with Gasteiger partial charge < -0.3 is 34.3 Å². The first-order valence-electron chi connectivity index (χ1n) is 26.8. The van der Waals surface area contributed by atoms with Crippen LogP contribution in [0, 0.1) is 0 Å². The minimum atomic E-state index is -4.62. The molecular formula is C55H96O12S. The van der Waals surface area contributed by atoms with E-state index in [1.165, 1.54) is 128 Å². The van der Waals surface area contributed by atoms with Gasteiger partial charge in [0.25, 0.3) is 10.1 Å². The summed E-state index contributed by atoms with van der Waals surface area (Å²) in [4.78, 5) is 25.5. The number of aliphatic hydroxyl groups excluding tert-OH is 3. The van der Waals surface area contributed by atoms with Gasteiger partial charge in [-0.1, -0.05) is 197 Å². The van der Waals surface area contributed by atoms with Crippen LogP contribution >= 0.6 is 0 Å². The van der Waals surface area contributed by atoms with Crippen molar-refractivity contribution in [1.82, 2.24) is 0 Å². The Hall–Kier alpha value is -2.65. The van der Waals surface area contributed by atoms with Gasteiger partial charge in [0.2, 0.25) is 0 Å². The number of esters is 2. The summed E-state index contributed by atoms with van der Waals surface area (Å²) < 4.78 is 54.2. The molecule has 1 aliphatic heterocycles. The van der Waals surface area contributed by atoms with E-state index in [1.807, 2.05) is 12.2 Å². The normalized spacial score (nSPS) is 19.6. The number of allylic oxidation sites excluding steroid dienone is 10. The molecule has 2 unspecified atom stereocenters. The van der Waals surface area contributed by atoms with E-state index in [2.05, 4.69) is 62.5 Å². The molecule has 0 aromatic rings. The number of ether oxygens (including phenoxy) is 4. The van der Waals surface area contributed by atoms with Crippen LogP contribution in [0.3, 0.4) is 0 Å². The lowest BCUT2D eigenvalue weighted by Crippen LogP contribution is -2.60. The van der Waals surface area contributed by atoms with Crippen molar-refractivity contribution in [3.05, 3.63) is 60.8 Å². The summed E-state index contributed by atoms with van der Waals surface area (Å²) in [5.41, 5.74) is 0. The van der Waals surface area contributed by atoms with Gasteiger partial charge in [0.15, 0.2) is 12.4 Å². The average molecular weight is 981 g/mol. The van der Waals surface area contributed by atoms with Crippen molar-refractivity contribution in [3.8, 4) is 0 Å². The van der Waals surface area contributed by atoms with E-state index in [9.17, 15) is 37.9 Å². The predicted molar refractivity (Wildman–Crippen MR) is 275 cm³/mol. The topological polar surface area (TPSA) is 186 Å². The van der Waals surface area contributed by atoms with Crippen molar-refractivity contribution in [3.63, 3.8) is 0 Å². The highest BCUT2D eigenvalue weighted by atomic mass is 32.2. The van der Waals surface area contributed by atoms with Crippen molar-refractivity contribution in [2.24, 2.45) is 0 Å². The minimum Gasteiger partial charge on any atom is -0.462 e. The zero-order valence-corrected chi connectivity index (χ0v) is 43.3. The first-order chi connectivity index (χ1) is 33.0. The Bertz CT molecular complexity index is 1470. The first kappa shape index (κ1) is 63.4. The van der Waals surface area contributed by atoms with Crippen molar-refractivity contribution in [2.45, 2.75) is 256 Å². The summed E-state index contributed by atoms with van der Waals surface area (Å²) in [5, 5.41) is 31.0. The van der Waals surface area contributed by atoms with Gasteiger partial charge in [-0.05, 0) is 70.6 Å². The minimum absolute atomic E-state index is 0.0816. The van der Waals surface area contributed by atoms with E-state index < -0.39 is 71.2 Å². The summed E-state index contributed by atoms with van der Waals surface area (Å²) in [7, 11) is -4.62. The molecule has 0 spiro atoms. The monoisotopic (exact) mass is 981 g/mol. The van der Waals surface area contributed by atoms with Gasteiger partial charge in [0.1, 0.15) is 36.8 Å². The molecule has 1 saturated heterocycles. The summed E-state index contributed by atoms with van der Waals surface area (Å²) >= 11 is 0. The SMILES string of the molecule is CCCCC/C=C/C/C=C/C/C=C/C/C=C/CCCC(=O)O[C@H](COC(=O)CCC/C=C/CCCCCCCCCCCCCCCCCCCC)CO[C@H]1O[C@H](CS(=O)(=O)O)[C@@H](O)C(O)C1O. The maximum absolute atomic E-state index is 12.8. The van der Waals surface area contributed by atoms with Gasteiger partial charge in [0, 0.05) is 12.8 Å². The Balaban J connectivity index is 2.38. The van der Waals surface area contributed by atoms with Crippen LogP contribution in [0.5, 0.6) is 0 Å². The quantitative estimate of drug-likeness (QED) is 0.0196. The molecule has 0 aromatic heterocycles. The standard InChI is InChI=1S/C55H96O12S/c1-3-5-7-9-11-13-15-17-19-21-22-23-24-25-26-28-29-31-33-35-37-39-41-43-50(56)64-45-48(46-65-55-54(60)53(59)52(58)49(67-55)47-68(61,62)63)66-51(57)44-42-40-38-36-34-32-30-27-20-18-16-14-12-10-8-6-4-2/h12,14,18,20,30,32,35-38,48-49,52-55,58-60H,3-11,13,15-17,19,21-29,31,33-34,39-47H2,1-2H3,(H,61,62,63)/b14-12+,20-18+,32-30+,37-35+,38-36+/t48-,49-,52-,53?,54?,55+/m1/s1. The number of carbonyl (C=O) groups excluding carboxylic acids is 2. The fraction of sp³-hybridized carbons (Fsp3) is 0.782. The Morgan fingerprint density at radius 1 is 0.500 bits per heavy atom. The van der Waals surface area contributed by atoms with E-state index in [0.717, 1.165) is 44.9 Å². The van der Waals surface area contributed by atoms with Crippen LogP contribution < -0.4 is 0 Å². The third-order valence-electron chi connectivity index (χ3n) is 12.1. The van der Waals surface area contributed by atoms with Gasteiger partial charge in [-0.2, -0.15) is 8.42 Å². The zero-order chi connectivity index (χ0) is 49.8. The molecule has 1 rings (SSSR count). The third kappa shape index (κ3) is 38.1. The highest BCUT2D eigenvalue weighted by Crippen LogP contribution is 2.24. The summed E-state index contributed by atoms with van der Waals surface area (Å²) in [6, 6.07) is 0. The van der Waals surface area contributed by atoms with E-state index >= 15 is 0 Å². The molecule has 0 amide bonds. The number of hydrogen-bond acceptors (Lipinski definition) is 11. The Morgan fingerprint density at radius 2 is 0.882 bits per heavy atom. The molecule has 68 heavy (non-hydrogen) atoms. The summed E-state index contributed by atoms with van der Waals surface area (Å²) in [6.45, 7) is 3.69. The lowest BCUT2D eigenvalue weighted by molar-refractivity contribution is -0.297. The number of aliphatic hydroxyl groups is 3. The van der Waals surface area contributed by atoms with Crippen molar-refractivity contribution >= 4 is 22.1 Å². The van der Waals surface area contributed by atoms with Gasteiger partial charge >= 0.3 is 11.9 Å². The van der Waals surface area contributed by atoms with Crippen molar-refractivity contribution < 1.29 is 56.8 Å². The number of unbranched alkanes of at least 4 members (excludes halogenated alkanes) is 23. The second-order valence-corrected chi connectivity index (χ2v) is 20.0. The largest absolute Gasteiger partial charge is 0.462 e. The average Bonchev–Trinajstić information content (AvgIpc) is 3.31. The molecule has 12 nitrogen and oxygen atoms in total. The van der Waals surface area contributed by atoms with Crippen LogP contribution in [0.2, 0.25) is 0 Å². The molecule has 1 aliphatic rings. The second-order valence-electron chi connectivity index (χ2n) is 18.5. The fourth-order valence-corrected chi connectivity index (χ4v) is 8.60. The van der Waals surface area contributed by atoms with Gasteiger partial charge in [-0.25, -0.2) is 0 Å². The predicted octanol–water partition coefficient (Wildman–Crippen LogP) is 12.5. The van der Waals surface area contributed by atoms with E-state index in [-0.39, 0.29) is 19.4 Å². The van der Waals surface area contributed by atoms with Crippen LogP contribution in [-0.2, 0) is 38.7 Å². The molecule has 1 fully saturated rings.